The second kappa shape index (κ2) is 7.41. The summed E-state index contributed by atoms with van der Waals surface area (Å²) in [5.74, 6) is -0.395. The Hall–Kier alpha value is -1.62. The molecule has 0 fully saturated rings. The van der Waals surface area contributed by atoms with Gasteiger partial charge in [0.2, 0.25) is 0 Å². The highest BCUT2D eigenvalue weighted by molar-refractivity contribution is 5.83. The minimum atomic E-state index is -1.29. The predicted molar refractivity (Wildman–Crippen MR) is 79.8 cm³/mol. The fraction of sp³-hybridized carbons (Fsp3) is 0.562. The van der Waals surface area contributed by atoms with Crippen molar-refractivity contribution in [3.63, 3.8) is 0 Å². The van der Waals surface area contributed by atoms with E-state index < -0.39 is 17.3 Å². The number of carbonyl (C=O) groups excluding carboxylic acids is 1. The third kappa shape index (κ3) is 3.94. The van der Waals surface area contributed by atoms with E-state index >= 15 is 0 Å². The van der Waals surface area contributed by atoms with Crippen LogP contribution in [0.4, 0.5) is 4.39 Å². The molecule has 1 aromatic carbocycles. The Morgan fingerprint density at radius 1 is 1.43 bits per heavy atom. The number of hydrogen-bond acceptors (Lipinski definition) is 4. The maximum absolute atomic E-state index is 14.3. The molecule has 0 spiro atoms. The summed E-state index contributed by atoms with van der Waals surface area (Å²) in [4.78, 5) is 12.4. The lowest BCUT2D eigenvalue weighted by molar-refractivity contribution is -0.151. The first kappa shape index (κ1) is 17.4. The average Bonchev–Trinajstić information content (AvgIpc) is 2.44. The fourth-order valence-corrected chi connectivity index (χ4v) is 2.11. The van der Waals surface area contributed by atoms with Crippen LogP contribution in [0.5, 0.6) is 5.75 Å². The molecule has 118 valence electrons. The second-order valence-corrected chi connectivity index (χ2v) is 5.44. The van der Waals surface area contributed by atoms with Gasteiger partial charge in [-0.05, 0) is 38.4 Å². The largest absolute Gasteiger partial charge is 0.496 e. The molecule has 1 aromatic rings. The van der Waals surface area contributed by atoms with E-state index in [4.69, 9.17) is 9.47 Å². The van der Waals surface area contributed by atoms with Crippen molar-refractivity contribution in [1.29, 1.82) is 0 Å². The smallest absolute Gasteiger partial charge is 0.330 e. The highest BCUT2D eigenvalue weighted by Crippen LogP contribution is 2.33. The van der Waals surface area contributed by atoms with Crippen LogP contribution >= 0.6 is 0 Å². The standard InChI is InChI=1S/C16H24FNO3/c1-6-21-15(19)16(4,18-10-11(2)3)14-12(17)8-7-9-13(14)20-5/h7-9,11,18H,6,10H2,1-5H3. The SMILES string of the molecule is CCOC(=O)C(C)(NCC(C)C)c1c(F)cccc1OC. The van der Waals surface area contributed by atoms with Crippen molar-refractivity contribution in [2.75, 3.05) is 20.3 Å². The van der Waals surface area contributed by atoms with E-state index in [1.54, 1.807) is 26.0 Å². The van der Waals surface area contributed by atoms with Crippen molar-refractivity contribution in [2.24, 2.45) is 5.92 Å². The van der Waals surface area contributed by atoms with Gasteiger partial charge in [0.15, 0.2) is 0 Å². The summed E-state index contributed by atoms with van der Waals surface area (Å²) in [5, 5.41) is 3.12. The van der Waals surface area contributed by atoms with Crippen molar-refractivity contribution in [1.82, 2.24) is 5.32 Å². The highest BCUT2D eigenvalue weighted by Gasteiger charge is 2.41. The Morgan fingerprint density at radius 3 is 2.62 bits per heavy atom. The van der Waals surface area contributed by atoms with Crippen LogP contribution in [0, 0.1) is 11.7 Å². The minimum absolute atomic E-state index is 0.173. The molecule has 0 saturated heterocycles. The van der Waals surface area contributed by atoms with Crippen molar-refractivity contribution in [3.05, 3.63) is 29.6 Å². The molecule has 0 aliphatic rings. The van der Waals surface area contributed by atoms with Crippen LogP contribution in [0.15, 0.2) is 18.2 Å². The zero-order valence-electron chi connectivity index (χ0n) is 13.3. The number of ether oxygens (including phenoxy) is 2. The molecule has 5 heteroatoms. The Balaban J connectivity index is 3.32. The Kier molecular flexibility index (Phi) is 6.15. The van der Waals surface area contributed by atoms with Crippen molar-refractivity contribution in [2.45, 2.75) is 33.2 Å². The monoisotopic (exact) mass is 297 g/mol. The molecule has 0 aliphatic carbocycles. The number of carbonyl (C=O) groups is 1. The normalized spacial score (nSPS) is 13.9. The summed E-state index contributed by atoms with van der Waals surface area (Å²) in [6.07, 6.45) is 0. The van der Waals surface area contributed by atoms with Crippen molar-refractivity contribution in [3.8, 4) is 5.75 Å². The van der Waals surface area contributed by atoms with Crippen LogP contribution in [-0.4, -0.2) is 26.2 Å². The van der Waals surface area contributed by atoms with Gasteiger partial charge in [-0.25, -0.2) is 9.18 Å². The van der Waals surface area contributed by atoms with Gasteiger partial charge in [0.25, 0.3) is 0 Å². The first-order chi connectivity index (χ1) is 9.86. The molecular formula is C16H24FNO3. The first-order valence-corrected chi connectivity index (χ1v) is 7.12. The molecule has 0 bridgehead atoms. The number of benzene rings is 1. The zero-order chi connectivity index (χ0) is 16.0. The third-order valence-electron chi connectivity index (χ3n) is 3.24. The van der Waals surface area contributed by atoms with Gasteiger partial charge in [0, 0.05) is 0 Å². The van der Waals surface area contributed by atoms with Crippen LogP contribution in [0.25, 0.3) is 0 Å². The lowest BCUT2D eigenvalue weighted by atomic mass is 9.90. The van der Waals surface area contributed by atoms with Crippen LogP contribution < -0.4 is 10.1 Å². The molecule has 0 radical (unpaired) electrons. The van der Waals surface area contributed by atoms with Crippen molar-refractivity contribution >= 4 is 5.97 Å². The lowest BCUT2D eigenvalue weighted by Gasteiger charge is -2.31. The number of rotatable bonds is 7. The average molecular weight is 297 g/mol. The molecule has 21 heavy (non-hydrogen) atoms. The third-order valence-corrected chi connectivity index (χ3v) is 3.24. The highest BCUT2D eigenvalue weighted by atomic mass is 19.1. The lowest BCUT2D eigenvalue weighted by Crippen LogP contribution is -2.49. The molecule has 0 aliphatic heterocycles. The van der Waals surface area contributed by atoms with E-state index in [0.29, 0.717) is 18.2 Å². The fourth-order valence-electron chi connectivity index (χ4n) is 2.11. The molecular weight excluding hydrogens is 273 g/mol. The molecule has 0 amide bonds. The van der Waals surface area contributed by atoms with Gasteiger partial charge in [-0.1, -0.05) is 19.9 Å². The van der Waals surface area contributed by atoms with Gasteiger partial charge in [0.05, 0.1) is 19.3 Å². The molecule has 0 aromatic heterocycles. The molecule has 1 rings (SSSR count). The van der Waals surface area contributed by atoms with Crippen LogP contribution in [0.1, 0.15) is 33.3 Å². The summed E-state index contributed by atoms with van der Waals surface area (Å²) in [6, 6.07) is 4.49. The summed E-state index contributed by atoms with van der Waals surface area (Å²) in [6.45, 7) is 8.14. The molecule has 1 N–H and O–H groups in total. The van der Waals surface area contributed by atoms with Gasteiger partial charge in [-0.15, -0.1) is 0 Å². The number of methoxy groups -OCH3 is 1. The van der Waals surface area contributed by atoms with Gasteiger partial charge in [-0.2, -0.15) is 0 Å². The Morgan fingerprint density at radius 2 is 2.10 bits per heavy atom. The summed E-state index contributed by atoms with van der Waals surface area (Å²) in [7, 11) is 1.45. The van der Waals surface area contributed by atoms with Crippen LogP contribution in [0.3, 0.4) is 0 Å². The van der Waals surface area contributed by atoms with E-state index in [-0.39, 0.29) is 12.2 Å². The van der Waals surface area contributed by atoms with E-state index in [9.17, 15) is 9.18 Å². The van der Waals surface area contributed by atoms with Gasteiger partial charge in [0.1, 0.15) is 17.1 Å². The summed E-state index contributed by atoms with van der Waals surface area (Å²) >= 11 is 0. The zero-order valence-corrected chi connectivity index (χ0v) is 13.3. The van der Waals surface area contributed by atoms with E-state index in [2.05, 4.69) is 5.32 Å². The predicted octanol–water partition coefficient (Wildman–Crippen LogP) is 2.86. The number of halogens is 1. The summed E-state index contributed by atoms with van der Waals surface area (Å²) < 4.78 is 24.7. The second-order valence-electron chi connectivity index (χ2n) is 5.44. The number of nitrogens with one attached hydrogen (secondary N) is 1. The Labute approximate surface area is 125 Å². The number of esters is 1. The number of hydrogen-bond donors (Lipinski definition) is 1. The first-order valence-electron chi connectivity index (χ1n) is 7.12. The van der Waals surface area contributed by atoms with E-state index in [0.717, 1.165) is 0 Å². The molecule has 4 nitrogen and oxygen atoms in total. The Bertz CT molecular complexity index is 490. The maximum atomic E-state index is 14.3. The van der Waals surface area contributed by atoms with Crippen LogP contribution in [-0.2, 0) is 15.1 Å². The van der Waals surface area contributed by atoms with Gasteiger partial charge >= 0.3 is 5.97 Å². The van der Waals surface area contributed by atoms with Gasteiger partial charge in [-0.3, -0.25) is 5.32 Å². The molecule has 1 unspecified atom stereocenters. The molecule has 0 heterocycles. The topological polar surface area (TPSA) is 47.6 Å². The summed E-state index contributed by atoms with van der Waals surface area (Å²) in [5.41, 5.74) is -1.12. The minimum Gasteiger partial charge on any atom is -0.496 e. The van der Waals surface area contributed by atoms with E-state index in [1.807, 2.05) is 13.8 Å². The van der Waals surface area contributed by atoms with Crippen molar-refractivity contribution < 1.29 is 18.7 Å². The molecule has 1 atom stereocenters. The van der Waals surface area contributed by atoms with E-state index in [1.165, 1.54) is 13.2 Å². The quantitative estimate of drug-likeness (QED) is 0.786. The van der Waals surface area contributed by atoms with Gasteiger partial charge < -0.3 is 9.47 Å². The molecule has 0 saturated carbocycles. The van der Waals surface area contributed by atoms with Crippen LogP contribution in [0.2, 0.25) is 0 Å². The maximum Gasteiger partial charge on any atom is 0.330 e.